The molecule has 5 heteroatoms. The molecule has 0 N–H and O–H groups in total. The lowest BCUT2D eigenvalue weighted by atomic mass is 10.4. The Hall–Kier alpha value is -0.670. The number of nitrogens with zero attached hydrogens (tertiary/aromatic N) is 1. The third kappa shape index (κ3) is 1.67. The zero-order chi connectivity index (χ0) is 8.43. The van der Waals surface area contributed by atoms with Crippen LogP contribution in [0.3, 0.4) is 0 Å². The summed E-state index contributed by atoms with van der Waals surface area (Å²) in [5.41, 5.74) is 0. The third-order valence-electron chi connectivity index (χ3n) is 1.15. The highest BCUT2D eigenvalue weighted by Crippen LogP contribution is 2.17. The number of ether oxygens (including phenoxy) is 1. The highest BCUT2D eigenvalue weighted by molar-refractivity contribution is 6.30. The van der Waals surface area contributed by atoms with Gasteiger partial charge in [0, 0.05) is 0 Å². The van der Waals surface area contributed by atoms with Crippen LogP contribution < -0.4 is 9.47 Å². The van der Waals surface area contributed by atoms with Crippen LogP contribution in [0.25, 0.3) is 0 Å². The van der Waals surface area contributed by atoms with Crippen LogP contribution in [-0.4, -0.2) is 7.11 Å². The number of hydrogen-bond acceptors (Lipinski definition) is 2. The van der Waals surface area contributed by atoms with Crippen molar-refractivity contribution >= 4 is 23.2 Å². The van der Waals surface area contributed by atoms with Crippen LogP contribution in [0.5, 0.6) is 5.75 Å². The minimum Gasteiger partial charge on any atom is -0.617 e. The van der Waals surface area contributed by atoms with Crippen LogP contribution in [0.2, 0.25) is 10.3 Å². The SMILES string of the molecule is COc1cc(Cl)[n+]([O-])c(Cl)c1. The van der Waals surface area contributed by atoms with E-state index in [2.05, 4.69) is 0 Å². The molecule has 0 aliphatic rings. The monoisotopic (exact) mass is 193 g/mol. The lowest BCUT2D eigenvalue weighted by Gasteiger charge is -2.02. The molecule has 0 bridgehead atoms. The topological polar surface area (TPSA) is 36.2 Å². The first-order valence-corrected chi connectivity index (χ1v) is 3.53. The number of hydrogen-bond donors (Lipinski definition) is 0. The van der Waals surface area contributed by atoms with Gasteiger partial charge in [0.1, 0.15) is 5.75 Å². The molecule has 1 aromatic heterocycles. The number of halogens is 2. The van der Waals surface area contributed by atoms with Gasteiger partial charge < -0.3 is 9.94 Å². The van der Waals surface area contributed by atoms with Crippen LogP contribution in [0.4, 0.5) is 0 Å². The fourth-order valence-electron chi connectivity index (χ4n) is 0.614. The van der Waals surface area contributed by atoms with Crippen molar-refractivity contribution in [1.29, 1.82) is 0 Å². The Bertz CT molecular complexity index is 254. The van der Waals surface area contributed by atoms with E-state index in [0.29, 0.717) is 10.5 Å². The Labute approximate surface area is 73.7 Å². The lowest BCUT2D eigenvalue weighted by Crippen LogP contribution is -2.28. The standard InChI is InChI=1S/C6H5Cl2NO2/c1-11-4-2-5(7)9(10)6(8)3-4/h2-3H,1H3. The molecule has 0 amide bonds. The fourth-order valence-corrected chi connectivity index (χ4v) is 1.05. The maximum Gasteiger partial charge on any atom is 0.291 e. The molecular weight excluding hydrogens is 189 g/mol. The maximum atomic E-state index is 10.8. The van der Waals surface area contributed by atoms with E-state index in [1.54, 1.807) is 0 Å². The van der Waals surface area contributed by atoms with Crippen molar-refractivity contribution in [2.24, 2.45) is 0 Å². The molecule has 0 saturated carbocycles. The average molecular weight is 194 g/mol. The molecular formula is C6H5Cl2NO2. The zero-order valence-corrected chi connectivity index (χ0v) is 7.19. The molecule has 0 aliphatic heterocycles. The van der Waals surface area contributed by atoms with E-state index in [-0.39, 0.29) is 10.3 Å². The van der Waals surface area contributed by atoms with E-state index in [1.807, 2.05) is 0 Å². The van der Waals surface area contributed by atoms with Crippen LogP contribution in [0, 0.1) is 5.21 Å². The minimum atomic E-state index is -0.00523. The molecule has 0 saturated heterocycles. The zero-order valence-electron chi connectivity index (χ0n) is 5.67. The quantitative estimate of drug-likeness (QED) is 0.387. The van der Waals surface area contributed by atoms with Crippen molar-refractivity contribution in [2.75, 3.05) is 7.11 Å². The number of methoxy groups -OCH3 is 1. The summed E-state index contributed by atoms with van der Waals surface area (Å²) in [6.07, 6.45) is 0. The van der Waals surface area contributed by atoms with Crippen LogP contribution in [0.15, 0.2) is 12.1 Å². The number of rotatable bonds is 1. The summed E-state index contributed by atoms with van der Waals surface area (Å²) in [6, 6.07) is 2.78. The van der Waals surface area contributed by atoms with Crippen molar-refractivity contribution in [1.82, 2.24) is 0 Å². The van der Waals surface area contributed by atoms with Crippen molar-refractivity contribution in [3.63, 3.8) is 0 Å². The first-order valence-electron chi connectivity index (χ1n) is 2.77. The van der Waals surface area contributed by atoms with E-state index < -0.39 is 0 Å². The van der Waals surface area contributed by atoms with Gasteiger partial charge in [0.05, 0.1) is 19.2 Å². The minimum absolute atomic E-state index is 0.00523. The molecule has 1 heterocycles. The summed E-state index contributed by atoms with van der Waals surface area (Å²) in [4.78, 5) is 0. The highest BCUT2D eigenvalue weighted by Gasteiger charge is 2.09. The Morgan fingerprint density at radius 2 is 1.82 bits per heavy atom. The van der Waals surface area contributed by atoms with E-state index in [9.17, 15) is 5.21 Å². The Morgan fingerprint density at radius 3 is 2.18 bits per heavy atom. The van der Waals surface area contributed by atoms with Gasteiger partial charge in [0.2, 0.25) is 0 Å². The second-order valence-electron chi connectivity index (χ2n) is 1.83. The average Bonchev–Trinajstić information content (AvgIpc) is 1.99. The normalized spacial score (nSPS) is 9.73. The van der Waals surface area contributed by atoms with Gasteiger partial charge in [0.25, 0.3) is 10.3 Å². The van der Waals surface area contributed by atoms with Crippen molar-refractivity contribution in [3.8, 4) is 5.75 Å². The molecule has 0 atom stereocenters. The summed E-state index contributed by atoms with van der Waals surface area (Å²) in [5, 5.41) is 10.8. The van der Waals surface area contributed by atoms with Crippen LogP contribution in [0.1, 0.15) is 0 Å². The summed E-state index contributed by atoms with van der Waals surface area (Å²) in [7, 11) is 1.47. The van der Waals surface area contributed by atoms with Gasteiger partial charge in [-0.1, -0.05) is 0 Å². The molecule has 0 aromatic carbocycles. The molecule has 0 unspecified atom stereocenters. The van der Waals surface area contributed by atoms with Gasteiger partial charge in [-0.25, -0.2) is 0 Å². The molecule has 0 radical (unpaired) electrons. The predicted octanol–water partition coefficient (Wildman–Crippen LogP) is 1.64. The van der Waals surface area contributed by atoms with E-state index >= 15 is 0 Å². The smallest absolute Gasteiger partial charge is 0.291 e. The molecule has 0 fully saturated rings. The fraction of sp³-hybridized carbons (Fsp3) is 0.167. The number of aromatic nitrogens is 1. The summed E-state index contributed by atoms with van der Waals surface area (Å²) in [5.74, 6) is 0.465. The molecule has 3 nitrogen and oxygen atoms in total. The van der Waals surface area contributed by atoms with Crippen molar-refractivity contribution in [2.45, 2.75) is 0 Å². The molecule has 60 valence electrons. The largest absolute Gasteiger partial charge is 0.617 e. The molecule has 0 aliphatic carbocycles. The van der Waals surface area contributed by atoms with Gasteiger partial charge in [-0.05, 0) is 23.2 Å². The van der Waals surface area contributed by atoms with Crippen molar-refractivity contribution < 1.29 is 9.47 Å². The molecule has 1 rings (SSSR count). The van der Waals surface area contributed by atoms with Gasteiger partial charge in [-0.3, -0.25) is 0 Å². The summed E-state index contributed by atoms with van der Waals surface area (Å²) < 4.78 is 5.22. The van der Waals surface area contributed by atoms with Crippen LogP contribution >= 0.6 is 23.2 Å². The Morgan fingerprint density at radius 1 is 1.36 bits per heavy atom. The highest BCUT2D eigenvalue weighted by atomic mass is 35.5. The van der Waals surface area contributed by atoms with E-state index in [4.69, 9.17) is 27.9 Å². The van der Waals surface area contributed by atoms with Gasteiger partial charge in [0.15, 0.2) is 0 Å². The summed E-state index contributed by atoms with van der Waals surface area (Å²) in [6.45, 7) is 0. The van der Waals surface area contributed by atoms with E-state index in [0.717, 1.165) is 0 Å². The van der Waals surface area contributed by atoms with E-state index in [1.165, 1.54) is 19.2 Å². The lowest BCUT2D eigenvalue weighted by molar-refractivity contribution is -0.600. The van der Waals surface area contributed by atoms with Gasteiger partial charge in [-0.2, -0.15) is 0 Å². The maximum absolute atomic E-state index is 10.8. The number of pyridine rings is 1. The third-order valence-corrected chi connectivity index (χ3v) is 1.67. The van der Waals surface area contributed by atoms with Gasteiger partial charge >= 0.3 is 0 Å². The Balaban J connectivity index is 3.21. The van der Waals surface area contributed by atoms with Crippen molar-refractivity contribution in [3.05, 3.63) is 27.6 Å². The second-order valence-corrected chi connectivity index (χ2v) is 2.61. The predicted molar refractivity (Wildman–Crippen MR) is 42.0 cm³/mol. The van der Waals surface area contributed by atoms with Gasteiger partial charge in [-0.15, -0.1) is 4.73 Å². The Kier molecular flexibility index (Phi) is 2.42. The molecule has 1 aromatic rings. The first kappa shape index (κ1) is 8.43. The first-order chi connectivity index (χ1) is 5.15. The van der Waals surface area contributed by atoms with Crippen LogP contribution in [-0.2, 0) is 0 Å². The summed E-state index contributed by atoms with van der Waals surface area (Å²) >= 11 is 11.0. The molecule has 11 heavy (non-hydrogen) atoms. The molecule has 0 spiro atoms. The second kappa shape index (κ2) is 3.15.